The van der Waals surface area contributed by atoms with Crippen LogP contribution < -0.4 is 0 Å². The minimum atomic E-state index is -0.780. The number of carbonyl (C=O) groups is 2. The van der Waals surface area contributed by atoms with E-state index in [0.717, 1.165) is 25.7 Å². The molecule has 1 aliphatic carbocycles. The number of hydrogen-bond donors (Lipinski definition) is 0. The van der Waals surface area contributed by atoms with Crippen LogP contribution in [0.5, 0.6) is 0 Å². The van der Waals surface area contributed by atoms with Gasteiger partial charge >= 0.3 is 11.9 Å². The van der Waals surface area contributed by atoms with Gasteiger partial charge in [0.1, 0.15) is 0 Å². The molecule has 0 aliphatic heterocycles. The fraction of sp³-hybridized carbons (Fsp3) is 0.846. The minimum absolute atomic E-state index is 0.0122. The van der Waals surface area contributed by atoms with E-state index in [9.17, 15) is 9.59 Å². The average molecular weight is 244 g/mol. The summed E-state index contributed by atoms with van der Waals surface area (Å²) >= 11 is 0. The number of esters is 2. The van der Waals surface area contributed by atoms with Crippen molar-refractivity contribution in [2.75, 3.05) is 6.61 Å². The summed E-state index contributed by atoms with van der Waals surface area (Å²) in [4.78, 5) is 22.7. The smallest absolute Gasteiger partial charge is 0.347 e. The van der Waals surface area contributed by atoms with Crippen LogP contribution in [0.2, 0.25) is 0 Å². The highest BCUT2D eigenvalue weighted by Crippen LogP contribution is 2.26. The first-order valence-corrected chi connectivity index (χ1v) is 6.52. The molecule has 0 N–H and O–H groups in total. The topological polar surface area (TPSA) is 52.6 Å². The lowest BCUT2D eigenvalue weighted by Crippen LogP contribution is -2.28. The van der Waals surface area contributed by atoms with E-state index in [1.54, 1.807) is 13.8 Å². The van der Waals surface area contributed by atoms with Crippen LogP contribution in [0, 0.1) is 5.92 Å². The summed E-state index contributed by atoms with van der Waals surface area (Å²) in [5.74, 6) is -0.737. The maximum atomic E-state index is 11.5. The van der Waals surface area contributed by atoms with Gasteiger partial charge < -0.3 is 9.47 Å². The van der Waals surface area contributed by atoms with Crippen molar-refractivity contribution in [1.29, 1.82) is 0 Å². The predicted octanol–water partition coefficient (Wildman–Crippen LogP) is 2.70. The molecule has 17 heavy (non-hydrogen) atoms. The third-order valence-corrected chi connectivity index (χ3v) is 2.60. The molecule has 1 rings (SSSR count). The predicted molar refractivity (Wildman–Crippen MR) is 65.5 cm³/mol. The summed E-state index contributed by atoms with van der Waals surface area (Å²) in [6.07, 6.45) is 3.14. The van der Waals surface area contributed by atoms with Crippen LogP contribution >= 0.6 is 0 Å². The number of ether oxygens (including phenoxy) is 2. The molecule has 1 unspecified atom stereocenters. The maximum absolute atomic E-state index is 11.5. The van der Waals surface area contributed by atoms with E-state index in [2.05, 4.69) is 0 Å². The van der Waals surface area contributed by atoms with E-state index in [1.165, 1.54) is 0 Å². The van der Waals surface area contributed by atoms with Gasteiger partial charge in [-0.3, -0.25) is 4.79 Å². The van der Waals surface area contributed by atoms with Crippen LogP contribution in [0.1, 0.15) is 53.4 Å². The van der Waals surface area contributed by atoms with Gasteiger partial charge in [-0.05, 0) is 26.7 Å². The van der Waals surface area contributed by atoms with Gasteiger partial charge in [-0.1, -0.05) is 26.7 Å². The molecular weight excluding hydrogens is 220 g/mol. The van der Waals surface area contributed by atoms with Gasteiger partial charge in [0.2, 0.25) is 0 Å². The molecule has 0 aromatic carbocycles. The van der Waals surface area contributed by atoms with Crippen molar-refractivity contribution < 1.29 is 19.1 Å². The lowest BCUT2D eigenvalue weighted by Gasteiger charge is -2.14. The van der Waals surface area contributed by atoms with E-state index in [0.29, 0.717) is 6.61 Å². The second kappa shape index (κ2) is 9.02. The quantitative estimate of drug-likeness (QED) is 0.713. The van der Waals surface area contributed by atoms with Gasteiger partial charge in [-0.2, -0.15) is 0 Å². The summed E-state index contributed by atoms with van der Waals surface area (Å²) in [5.41, 5.74) is 0. The van der Waals surface area contributed by atoms with Crippen molar-refractivity contribution in [3.05, 3.63) is 0 Å². The molecule has 0 spiro atoms. The van der Waals surface area contributed by atoms with E-state index < -0.39 is 12.1 Å². The summed E-state index contributed by atoms with van der Waals surface area (Å²) in [6.45, 7) is 7.58. The van der Waals surface area contributed by atoms with Gasteiger partial charge in [-0.25, -0.2) is 4.79 Å². The average Bonchev–Trinajstić information content (AvgIpc) is 2.85. The standard InChI is InChI=1S/C11H18O4.C2H6/c1-3-14-10(12)8(2)15-11(13)9-6-4-5-7-9;1-2/h8-9H,3-7H2,1-2H3;1-2H3. The van der Waals surface area contributed by atoms with Crippen LogP contribution in [0.4, 0.5) is 0 Å². The Labute approximate surface area is 104 Å². The van der Waals surface area contributed by atoms with Crippen LogP contribution in [-0.2, 0) is 19.1 Å². The number of hydrogen-bond acceptors (Lipinski definition) is 4. The molecule has 0 aromatic heterocycles. The lowest BCUT2D eigenvalue weighted by atomic mass is 10.1. The van der Waals surface area contributed by atoms with E-state index in [-0.39, 0.29) is 11.9 Å². The first kappa shape index (κ1) is 15.9. The van der Waals surface area contributed by atoms with Gasteiger partial charge in [0, 0.05) is 0 Å². The van der Waals surface area contributed by atoms with Crippen molar-refractivity contribution in [2.24, 2.45) is 5.92 Å². The fourth-order valence-electron chi connectivity index (χ4n) is 1.74. The molecule has 0 radical (unpaired) electrons. The molecule has 1 atom stereocenters. The van der Waals surface area contributed by atoms with Crippen LogP contribution in [-0.4, -0.2) is 24.6 Å². The van der Waals surface area contributed by atoms with Crippen molar-refractivity contribution in [2.45, 2.75) is 59.5 Å². The van der Waals surface area contributed by atoms with Crippen molar-refractivity contribution >= 4 is 11.9 Å². The highest BCUT2D eigenvalue weighted by atomic mass is 16.6. The molecule has 0 saturated heterocycles. The fourth-order valence-corrected chi connectivity index (χ4v) is 1.74. The monoisotopic (exact) mass is 244 g/mol. The Bertz CT molecular complexity index is 232. The Kier molecular flexibility index (Phi) is 8.46. The molecule has 1 aliphatic rings. The Morgan fingerprint density at radius 1 is 1.24 bits per heavy atom. The molecular formula is C13H24O4. The van der Waals surface area contributed by atoms with Gasteiger partial charge in [0.05, 0.1) is 12.5 Å². The van der Waals surface area contributed by atoms with Crippen molar-refractivity contribution in [1.82, 2.24) is 0 Å². The second-order valence-electron chi connectivity index (χ2n) is 3.81. The molecule has 1 fully saturated rings. The van der Waals surface area contributed by atoms with Crippen molar-refractivity contribution in [3.63, 3.8) is 0 Å². The maximum Gasteiger partial charge on any atom is 0.347 e. The molecule has 0 heterocycles. The van der Waals surface area contributed by atoms with Crippen LogP contribution in [0.3, 0.4) is 0 Å². The number of carbonyl (C=O) groups excluding carboxylic acids is 2. The summed E-state index contributed by atoms with van der Waals surface area (Å²) in [5, 5.41) is 0. The molecule has 0 aromatic rings. The van der Waals surface area contributed by atoms with E-state index >= 15 is 0 Å². The molecule has 4 nitrogen and oxygen atoms in total. The van der Waals surface area contributed by atoms with Crippen molar-refractivity contribution in [3.8, 4) is 0 Å². The van der Waals surface area contributed by atoms with Gasteiger partial charge in [-0.15, -0.1) is 0 Å². The zero-order valence-corrected chi connectivity index (χ0v) is 11.3. The zero-order chi connectivity index (χ0) is 13.3. The molecule has 0 bridgehead atoms. The minimum Gasteiger partial charge on any atom is -0.463 e. The largest absolute Gasteiger partial charge is 0.463 e. The van der Waals surface area contributed by atoms with Crippen LogP contribution in [0.15, 0.2) is 0 Å². The first-order chi connectivity index (χ1) is 8.15. The second-order valence-corrected chi connectivity index (χ2v) is 3.81. The summed E-state index contributed by atoms with van der Waals surface area (Å²) < 4.78 is 9.79. The molecule has 4 heteroatoms. The highest BCUT2D eigenvalue weighted by Gasteiger charge is 2.27. The molecule has 1 saturated carbocycles. The van der Waals surface area contributed by atoms with Crippen LogP contribution in [0.25, 0.3) is 0 Å². The Morgan fingerprint density at radius 2 is 1.76 bits per heavy atom. The first-order valence-electron chi connectivity index (χ1n) is 6.52. The SMILES string of the molecule is CC.CCOC(=O)C(C)OC(=O)C1CCCC1. The third-order valence-electron chi connectivity index (χ3n) is 2.60. The van der Waals surface area contributed by atoms with Gasteiger partial charge in [0.25, 0.3) is 0 Å². The zero-order valence-electron chi connectivity index (χ0n) is 11.3. The lowest BCUT2D eigenvalue weighted by molar-refractivity contribution is -0.168. The van der Waals surface area contributed by atoms with E-state index in [4.69, 9.17) is 9.47 Å². The molecule has 100 valence electrons. The number of rotatable bonds is 4. The third kappa shape index (κ3) is 5.71. The van der Waals surface area contributed by atoms with E-state index in [1.807, 2.05) is 13.8 Å². The normalized spacial score (nSPS) is 16.7. The Balaban J connectivity index is 0.00000121. The Morgan fingerprint density at radius 3 is 2.24 bits per heavy atom. The summed E-state index contributed by atoms with van der Waals surface area (Å²) in [7, 11) is 0. The molecule has 0 amide bonds. The van der Waals surface area contributed by atoms with Gasteiger partial charge in [0.15, 0.2) is 6.10 Å². The summed E-state index contributed by atoms with van der Waals surface area (Å²) in [6, 6.07) is 0. The highest BCUT2D eigenvalue weighted by molar-refractivity contribution is 5.80. The Hall–Kier alpha value is -1.06.